The van der Waals surface area contributed by atoms with Gasteiger partial charge in [0, 0.05) is 6.61 Å². The fraction of sp³-hybridized carbons (Fsp3) is 1.00. The fourth-order valence-corrected chi connectivity index (χ4v) is 1.17. The van der Waals surface area contributed by atoms with Crippen molar-refractivity contribution >= 4 is 0 Å². The molecule has 0 bridgehead atoms. The summed E-state index contributed by atoms with van der Waals surface area (Å²) in [5, 5.41) is 27.2. The van der Waals surface area contributed by atoms with Crippen LogP contribution in [0.3, 0.4) is 0 Å². The highest BCUT2D eigenvalue weighted by Gasteiger charge is 2.42. The monoisotopic (exact) mass is 178 g/mol. The van der Waals surface area contributed by atoms with Crippen LogP contribution < -0.4 is 0 Å². The average molecular weight is 178 g/mol. The van der Waals surface area contributed by atoms with Gasteiger partial charge in [0.25, 0.3) is 0 Å². The Labute approximate surface area is 70.5 Å². The first-order valence-corrected chi connectivity index (χ1v) is 3.94. The van der Waals surface area contributed by atoms with Gasteiger partial charge in [-0.1, -0.05) is 0 Å². The van der Waals surface area contributed by atoms with E-state index in [4.69, 9.17) is 14.6 Å². The molecular formula is C7H14O5. The predicted octanol–water partition coefficient (Wildman–Crippen LogP) is -1.54. The Morgan fingerprint density at radius 3 is 2.42 bits per heavy atom. The van der Waals surface area contributed by atoms with Gasteiger partial charge >= 0.3 is 0 Å². The van der Waals surface area contributed by atoms with E-state index in [1.165, 1.54) is 0 Å². The van der Waals surface area contributed by atoms with Gasteiger partial charge in [-0.2, -0.15) is 0 Å². The minimum Gasteiger partial charge on any atom is -0.394 e. The second-order valence-electron chi connectivity index (χ2n) is 2.66. The maximum absolute atomic E-state index is 9.28. The standard InChI is InChI=1S/C7H14O5/c1-2-11-7-6(10)5(9)4(3-8)12-7/h4-10H,2-3H2,1H3/t4-,5-,6+,7?/m1/s1. The molecule has 1 heterocycles. The quantitative estimate of drug-likeness (QED) is 0.488. The van der Waals surface area contributed by atoms with Crippen LogP contribution in [0.4, 0.5) is 0 Å². The normalized spacial score (nSPS) is 42.0. The number of aliphatic hydroxyl groups excluding tert-OH is 3. The van der Waals surface area contributed by atoms with Crippen LogP contribution in [0.25, 0.3) is 0 Å². The van der Waals surface area contributed by atoms with E-state index in [0.29, 0.717) is 6.61 Å². The molecule has 0 amide bonds. The topological polar surface area (TPSA) is 79.2 Å². The van der Waals surface area contributed by atoms with E-state index in [-0.39, 0.29) is 6.61 Å². The zero-order valence-electron chi connectivity index (χ0n) is 6.88. The molecule has 0 radical (unpaired) electrons. The molecule has 5 heteroatoms. The van der Waals surface area contributed by atoms with E-state index in [1.54, 1.807) is 6.92 Å². The van der Waals surface area contributed by atoms with Gasteiger partial charge in [0.15, 0.2) is 6.29 Å². The van der Waals surface area contributed by atoms with Crippen LogP contribution in [0.5, 0.6) is 0 Å². The SMILES string of the molecule is CCOC1O[C@H](CO)[C@@H](O)[C@@H]1O. The van der Waals surface area contributed by atoms with Crippen LogP contribution in [0.1, 0.15) is 6.92 Å². The lowest BCUT2D eigenvalue weighted by atomic mass is 10.1. The Hall–Kier alpha value is -0.200. The minimum atomic E-state index is -1.07. The van der Waals surface area contributed by atoms with Gasteiger partial charge in [-0.05, 0) is 6.92 Å². The van der Waals surface area contributed by atoms with E-state index in [2.05, 4.69) is 0 Å². The van der Waals surface area contributed by atoms with Crippen LogP contribution in [-0.2, 0) is 9.47 Å². The summed E-state index contributed by atoms with van der Waals surface area (Å²) >= 11 is 0. The van der Waals surface area contributed by atoms with Crippen molar-refractivity contribution in [2.24, 2.45) is 0 Å². The third-order valence-electron chi connectivity index (χ3n) is 1.83. The Kier molecular flexibility index (Phi) is 3.42. The average Bonchev–Trinajstić information content (AvgIpc) is 2.33. The highest BCUT2D eigenvalue weighted by Crippen LogP contribution is 2.21. The zero-order valence-corrected chi connectivity index (χ0v) is 6.88. The molecule has 0 saturated carbocycles. The van der Waals surface area contributed by atoms with Crippen molar-refractivity contribution in [3.63, 3.8) is 0 Å². The Morgan fingerprint density at radius 2 is 2.00 bits per heavy atom. The van der Waals surface area contributed by atoms with Gasteiger partial charge in [0.1, 0.15) is 18.3 Å². The molecule has 0 aromatic heterocycles. The first-order valence-electron chi connectivity index (χ1n) is 3.94. The largest absolute Gasteiger partial charge is 0.394 e. The van der Waals surface area contributed by atoms with Crippen molar-refractivity contribution in [3.8, 4) is 0 Å². The molecule has 1 unspecified atom stereocenters. The molecule has 1 rings (SSSR count). The zero-order chi connectivity index (χ0) is 9.14. The van der Waals surface area contributed by atoms with Crippen LogP contribution >= 0.6 is 0 Å². The van der Waals surface area contributed by atoms with E-state index in [0.717, 1.165) is 0 Å². The third kappa shape index (κ3) is 1.75. The Morgan fingerprint density at radius 1 is 1.33 bits per heavy atom. The van der Waals surface area contributed by atoms with Crippen LogP contribution in [0, 0.1) is 0 Å². The lowest BCUT2D eigenvalue weighted by Gasteiger charge is -2.13. The van der Waals surface area contributed by atoms with Gasteiger partial charge < -0.3 is 24.8 Å². The van der Waals surface area contributed by atoms with Crippen molar-refractivity contribution in [2.45, 2.75) is 31.5 Å². The van der Waals surface area contributed by atoms with E-state index in [1.807, 2.05) is 0 Å². The first-order chi connectivity index (χ1) is 5.70. The lowest BCUT2D eigenvalue weighted by molar-refractivity contribution is -0.166. The molecule has 0 aromatic carbocycles. The summed E-state index contributed by atoms with van der Waals surface area (Å²) in [6.45, 7) is 1.84. The molecule has 72 valence electrons. The van der Waals surface area contributed by atoms with Crippen molar-refractivity contribution in [1.29, 1.82) is 0 Å². The number of aliphatic hydroxyl groups is 3. The molecule has 1 saturated heterocycles. The molecule has 1 aliphatic rings. The third-order valence-corrected chi connectivity index (χ3v) is 1.83. The molecule has 4 atom stereocenters. The predicted molar refractivity (Wildman–Crippen MR) is 39.4 cm³/mol. The summed E-state index contributed by atoms with van der Waals surface area (Å²) in [7, 11) is 0. The summed E-state index contributed by atoms with van der Waals surface area (Å²) in [5.41, 5.74) is 0. The minimum absolute atomic E-state index is 0.318. The number of hydrogen-bond donors (Lipinski definition) is 3. The summed E-state index contributed by atoms with van der Waals surface area (Å²) in [4.78, 5) is 0. The number of rotatable bonds is 3. The van der Waals surface area contributed by atoms with Crippen molar-refractivity contribution in [1.82, 2.24) is 0 Å². The summed E-state index contributed by atoms with van der Waals surface area (Å²) in [6.07, 6.45) is -3.69. The van der Waals surface area contributed by atoms with Crippen molar-refractivity contribution in [2.75, 3.05) is 13.2 Å². The highest BCUT2D eigenvalue weighted by molar-refractivity contribution is 4.85. The first kappa shape index (κ1) is 9.88. The Bertz CT molecular complexity index is 140. The van der Waals surface area contributed by atoms with Crippen LogP contribution in [0.15, 0.2) is 0 Å². The van der Waals surface area contributed by atoms with Gasteiger partial charge in [-0.3, -0.25) is 0 Å². The van der Waals surface area contributed by atoms with Gasteiger partial charge in [-0.15, -0.1) is 0 Å². The smallest absolute Gasteiger partial charge is 0.186 e. The van der Waals surface area contributed by atoms with Crippen molar-refractivity contribution in [3.05, 3.63) is 0 Å². The molecule has 1 fully saturated rings. The van der Waals surface area contributed by atoms with Crippen LogP contribution in [0.2, 0.25) is 0 Å². The molecule has 3 N–H and O–H groups in total. The van der Waals surface area contributed by atoms with Gasteiger partial charge in [0.05, 0.1) is 6.61 Å². The maximum Gasteiger partial charge on any atom is 0.186 e. The van der Waals surface area contributed by atoms with E-state index in [9.17, 15) is 10.2 Å². The number of hydrogen-bond acceptors (Lipinski definition) is 5. The second kappa shape index (κ2) is 4.15. The Balaban J connectivity index is 2.48. The fourth-order valence-electron chi connectivity index (χ4n) is 1.17. The molecular weight excluding hydrogens is 164 g/mol. The van der Waals surface area contributed by atoms with E-state index >= 15 is 0 Å². The summed E-state index contributed by atoms with van der Waals surface area (Å²) in [5.74, 6) is 0. The highest BCUT2D eigenvalue weighted by atomic mass is 16.7. The lowest BCUT2D eigenvalue weighted by Crippen LogP contribution is -2.34. The van der Waals surface area contributed by atoms with Gasteiger partial charge in [0.2, 0.25) is 0 Å². The molecule has 12 heavy (non-hydrogen) atoms. The molecule has 5 nitrogen and oxygen atoms in total. The second-order valence-corrected chi connectivity index (χ2v) is 2.66. The summed E-state index contributed by atoms with van der Waals surface area (Å²) in [6, 6.07) is 0. The van der Waals surface area contributed by atoms with Crippen LogP contribution in [-0.4, -0.2) is 53.1 Å². The molecule has 0 spiro atoms. The summed E-state index contributed by atoms with van der Waals surface area (Å²) < 4.78 is 9.98. The van der Waals surface area contributed by atoms with Crippen molar-refractivity contribution < 1.29 is 24.8 Å². The molecule has 1 aliphatic heterocycles. The maximum atomic E-state index is 9.28. The number of ether oxygens (including phenoxy) is 2. The molecule has 0 aliphatic carbocycles. The van der Waals surface area contributed by atoms with Gasteiger partial charge in [-0.25, -0.2) is 0 Å². The van der Waals surface area contributed by atoms with E-state index < -0.39 is 24.6 Å². The molecule has 0 aromatic rings.